The lowest BCUT2D eigenvalue weighted by atomic mass is 10.1. The van der Waals surface area contributed by atoms with Gasteiger partial charge in [-0.3, -0.25) is 9.78 Å². The first kappa shape index (κ1) is 12.0. The minimum Gasteiger partial charge on any atom is -0.305 e. The Bertz CT molecular complexity index is 793. The second-order valence-corrected chi connectivity index (χ2v) is 4.66. The predicted octanol–water partition coefficient (Wildman–Crippen LogP) is 2.88. The van der Waals surface area contributed by atoms with E-state index in [1.165, 1.54) is 0 Å². The first-order valence-electron chi connectivity index (χ1n) is 5.78. The number of hydrogen-bond acceptors (Lipinski definition) is 3. The van der Waals surface area contributed by atoms with Gasteiger partial charge in [0.05, 0.1) is 0 Å². The van der Waals surface area contributed by atoms with Gasteiger partial charge in [-0.2, -0.15) is 0 Å². The number of alkyl halides is 1. The summed E-state index contributed by atoms with van der Waals surface area (Å²) in [6.45, 7) is 0. The van der Waals surface area contributed by atoms with Crippen LogP contribution in [0.25, 0.3) is 22.3 Å². The van der Waals surface area contributed by atoms with Gasteiger partial charge in [-0.05, 0) is 11.5 Å². The lowest BCUT2D eigenvalue weighted by Gasteiger charge is -2.05. The minimum absolute atomic E-state index is 0.142. The molecule has 0 radical (unpaired) electrons. The lowest BCUT2D eigenvalue weighted by molar-refractivity contribution is 1.07. The highest BCUT2D eigenvalue weighted by Gasteiger charge is 2.08. The Hall–Kier alpha value is -2.01. The van der Waals surface area contributed by atoms with Crippen molar-refractivity contribution in [3.05, 3.63) is 58.6 Å². The van der Waals surface area contributed by atoms with Crippen LogP contribution in [0.3, 0.4) is 0 Å². The van der Waals surface area contributed by atoms with Crippen molar-refractivity contribution in [2.45, 2.75) is 5.33 Å². The van der Waals surface area contributed by atoms with E-state index in [1.807, 2.05) is 30.3 Å². The third kappa shape index (κ3) is 2.17. The van der Waals surface area contributed by atoms with Crippen LogP contribution in [0.2, 0.25) is 0 Å². The van der Waals surface area contributed by atoms with Gasteiger partial charge in [0, 0.05) is 28.7 Å². The highest BCUT2D eigenvalue weighted by Crippen LogP contribution is 2.22. The molecule has 5 heteroatoms. The number of H-pyrrole nitrogens is 1. The van der Waals surface area contributed by atoms with Crippen LogP contribution in [0.1, 0.15) is 5.56 Å². The van der Waals surface area contributed by atoms with Gasteiger partial charge in [0.25, 0.3) is 5.56 Å². The normalized spacial score (nSPS) is 10.8. The van der Waals surface area contributed by atoms with Crippen LogP contribution in [-0.4, -0.2) is 15.0 Å². The summed E-state index contributed by atoms with van der Waals surface area (Å²) < 4.78 is 0. The monoisotopic (exact) mass is 315 g/mol. The molecule has 0 amide bonds. The van der Waals surface area contributed by atoms with Gasteiger partial charge < -0.3 is 4.98 Å². The Morgan fingerprint density at radius 3 is 2.79 bits per heavy atom. The number of aromatic nitrogens is 3. The zero-order valence-electron chi connectivity index (χ0n) is 9.93. The first-order valence-corrected chi connectivity index (χ1v) is 6.90. The van der Waals surface area contributed by atoms with Crippen molar-refractivity contribution in [2.75, 3.05) is 0 Å². The largest absolute Gasteiger partial charge is 0.305 e. The molecule has 3 aromatic rings. The van der Waals surface area contributed by atoms with E-state index in [0.717, 1.165) is 10.8 Å². The van der Waals surface area contributed by atoms with E-state index in [1.54, 1.807) is 12.4 Å². The average molecular weight is 316 g/mol. The molecule has 0 atom stereocenters. The van der Waals surface area contributed by atoms with E-state index in [-0.39, 0.29) is 5.56 Å². The Morgan fingerprint density at radius 2 is 2.00 bits per heavy atom. The van der Waals surface area contributed by atoms with Gasteiger partial charge in [0.1, 0.15) is 5.69 Å². The molecule has 0 bridgehead atoms. The summed E-state index contributed by atoms with van der Waals surface area (Å²) in [6.07, 6.45) is 3.29. The molecule has 1 N–H and O–H groups in total. The molecular formula is C14H10BrN3O. The van der Waals surface area contributed by atoms with Crippen molar-refractivity contribution in [2.24, 2.45) is 0 Å². The summed E-state index contributed by atoms with van der Waals surface area (Å²) in [5.74, 6) is 0.492. The van der Waals surface area contributed by atoms with Gasteiger partial charge in [0.15, 0.2) is 5.82 Å². The highest BCUT2D eigenvalue weighted by molar-refractivity contribution is 9.08. The molecule has 0 fully saturated rings. The van der Waals surface area contributed by atoms with Crippen molar-refractivity contribution >= 4 is 26.7 Å². The molecule has 0 saturated carbocycles. The second kappa shape index (κ2) is 4.93. The van der Waals surface area contributed by atoms with Gasteiger partial charge in [0.2, 0.25) is 0 Å². The van der Waals surface area contributed by atoms with E-state index >= 15 is 0 Å². The molecule has 94 valence electrons. The SMILES string of the molecule is O=c1[nH]c(-c2nccc3ccccc23)ncc1CBr. The lowest BCUT2D eigenvalue weighted by Crippen LogP contribution is -2.13. The average Bonchev–Trinajstić information content (AvgIpc) is 2.46. The molecule has 0 unspecified atom stereocenters. The summed E-state index contributed by atoms with van der Waals surface area (Å²) in [7, 11) is 0. The molecule has 2 heterocycles. The standard InChI is InChI=1S/C14H10BrN3O/c15-7-10-8-17-13(18-14(10)19)12-11-4-2-1-3-9(11)5-6-16-12/h1-6,8H,7H2,(H,17,18,19). The molecular weight excluding hydrogens is 306 g/mol. The summed E-state index contributed by atoms with van der Waals surface area (Å²) in [5.41, 5.74) is 1.15. The van der Waals surface area contributed by atoms with E-state index in [4.69, 9.17) is 0 Å². The molecule has 4 nitrogen and oxygen atoms in total. The van der Waals surface area contributed by atoms with E-state index in [9.17, 15) is 4.79 Å². The van der Waals surface area contributed by atoms with E-state index < -0.39 is 0 Å². The maximum Gasteiger partial charge on any atom is 0.255 e. The molecule has 0 saturated heterocycles. The number of fused-ring (bicyclic) bond motifs is 1. The maximum absolute atomic E-state index is 11.8. The molecule has 0 spiro atoms. The van der Waals surface area contributed by atoms with Crippen molar-refractivity contribution < 1.29 is 0 Å². The maximum atomic E-state index is 11.8. The number of nitrogens with one attached hydrogen (secondary N) is 1. The molecule has 0 aliphatic heterocycles. The fourth-order valence-electron chi connectivity index (χ4n) is 1.95. The van der Waals surface area contributed by atoms with Gasteiger partial charge in [-0.1, -0.05) is 40.2 Å². The Morgan fingerprint density at radius 1 is 1.16 bits per heavy atom. The number of aromatic amines is 1. The van der Waals surface area contributed by atoms with Gasteiger partial charge >= 0.3 is 0 Å². The highest BCUT2D eigenvalue weighted by atomic mass is 79.9. The second-order valence-electron chi connectivity index (χ2n) is 4.10. The van der Waals surface area contributed by atoms with Crippen LogP contribution in [0.4, 0.5) is 0 Å². The van der Waals surface area contributed by atoms with Crippen molar-refractivity contribution in [1.29, 1.82) is 0 Å². The Kier molecular flexibility index (Phi) is 3.13. The van der Waals surface area contributed by atoms with Crippen LogP contribution < -0.4 is 5.56 Å². The third-order valence-corrected chi connectivity index (χ3v) is 3.52. The number of rotatable bonds is 2. The summed E-state index contributed by atoms with van der Waals surface area (Å²) in [6, 6.07) is 9.82. The molecule has 1 aromatic carbocycles. The van der Waals surface area contributed by atoms with Crippen molar-refractivity contribution in [3.63, 3.8) is 0 Å². The number of pyridine rings is 1. The number of nitrogens with zero attached hydrogens (tertiary/aromatic N) is 2. The van der Waals surface area contributed by atoms with Crippen LogP contribution >= 0.6 is 15.9 Å². The topological polar surface area (TPSA) is 58.6 Å². The minimum atomic E-state index is -0.142. The van der Waals surface area contributed by atoms with Crippen LogP contribution in [0.15, 0.2) is 47.5 Å². The van der Waals surface area contributed by atoms with E-state index in [0.29, 0.717) is 22.4 Å². The van der Waals surface area contributed by atoms with Crippen LogP contribution in [0.5, 0.6) is 0 Å². The predicted molar refractivity (Wildman–Crippen MR) is 78.2 cm³/mol. The number of benzene rings is 1. The van der Waals surface area contributed by atoms with Gasteiger partial charge in [-0.25, -0.2) is 4.98 Å². The smallest absolute Gasteiger partial charge is 0.255 e. The van der Waals surface area contributed by atoms with Crippen molar-refractivity contribution in [3.8, 4) is 11.5 Å². The molecule has 3 rings (SSSR count). The fraction of sp³-hybridized carbons (Fsp3) is 0.0714. The number of hydrogen-bond donors (Lipinski definition) is 1. The Balaban J connectivity index is 2.25. The molecule has 19 heavy (non-hydrogen) atoms. The quantitative estimate of drug-likeness (QED) is 0.740. The first-order chi connectivity index (χ1) is 9.29. The number of halogens is 1. The van der Waals surface area contributed by atoms with E-state index in [2.05, 4.69) is 30.9 Å². The zero-order valence-corrected chi connectivity index (χ0v) is 11.5. The summed E-state index contributed by atoms with van der Waals surface area (Å²) >= 11 is 3.25. The Labute approximate surface area is 117 Å². The molecule has 0 aliphatic carbocycles. The van der Waals surface area contributed by atoms with Crippen LogP contribution in [0, 0.1) is 0 Å². The zero-order chi connectivity index (χ0) is 13.2. The molecule has 2 aromatic heterocycles. The van der Waals surface area contributed by atoms with Crippen LogP contribution in [-0.2, 0) is 5.33 Å². The van der Waals surface area contributed by atoms with Gasteiger partial charge in [-0.15, -0.1) is 0 Å². The van der Waals surface area contributed by atoms with Crippen molar-refractivity contribution in [1.82, 2.24) is 15.0 Å². The third-order valence-electron chi connectivity index (χ3n) is 2.91. The molecule has 0 aliphatic rings. The summed E-state index contributed by atoms with van der Waals surface area (Å²) in [5, 5.41) is 2.53. The fourth-order valence-corrected chi connectivity index (χ4v) is 2.34. The summed E-state index contributed by atoms with van der Waals surface area (Å²) in [4.78, 5) is 23.2.